The molecule has 1 aliphatic rings. The maximum atomic E-state index is 13.4. The third kappa shape index (κ3) is 2.45. The molecule has 0 spiro atoms. The van der Waals surface area contributed by atoms with E-state index in [2.05, 4.69) is 20.1 Å². The minimum Gasteiger partial charge on any atom is -0.378 e. The Morgan fingerprint density at radius 3 is 3.05 bits per heavy atom. The summed E-state index contributed by atoms with van der Waals surface area (Å²) in [7, 11) is 0. The van der Waals surface area contributed by atoms with Crippen LogP contribution in [0.3, 0.4) is 0 Å². The summed E-state index contributed by atoms with van der Waals surface area (Å²) in [6.45, 7) is 3.32. The number of hydrogen-bond donors (Lipinski definition) is 1. The van der Waals surface area contributed by atoms with Gasteiger partial charge in [-0.15, -0.1) is 10.2 Å². The number of anilines is 1. The van der Waals surface area contributed by atoms with Crippen LogP contribution < -0.4 is 5.32 Å². The van der Waals surface area contributed by atoms with Crippen molar-refractivity contribution in [1.82, 2.24) is 14.8 Å². The van der Waals surface area contributed by atoms with E-state index >= 15 is 0 Å². The highest BCUT2D eigenvalue weighted by Gasteiger charge is 2.15. The van der Waals surface area contributed by atoms with Crippen molar-refractivity contribution >= 4 is 5.69 Å². The number of fused-ring (bicyclic) bond motifs is 1. The molecular formula is C14H17FN4. The molecule has 0 saturated carbocycles. The first-order valence-electron chi connectivity index (χ1n) is 6.65. The second kappa shape index (κ2) is 4.99. The van der Waals surface area contributed by atoms with Crippen molar-refractivity contribution in [3.63, 3.8) is 0 Å². The molecule has 5 heteroatoms. The zero-order chi connectivity index (χ0) is 13.2. The van der Waals surface area contributed by atoms with Crippen LogP contribution in [0.2, 0.25) is 0 Å². The van der Waals surface area contributed by atoms with Gasteiger partial charge in [0.1, 0.15) is 11.6 Å². The molecule has 2 aromatic rings. The van der Waals surface area contributed by atoms with Gasteiger partial charge in [-0.05, 0) is 37.5 Å². The second-order valence-electron chi connectivity index (χ2n) is 4.96. The summed E-state index contributed by atoms with van der Waals surface area (Å²) < 4.78 is 15.6. The number of aryl methyl sites for hydroxylation is 2. The summed E-state index contributed by atoms with van der Waals surface area (Å²) in [4.78, 5) is 0. The molecule has 0 aliphatic carbocycles. The number of halogens is 1. The van der Waals surface area contributed by atoms with Crippen molar-refractivity contribution in [3.8, 4) is 0 Å². The minimum absolute atomic E-state index is 0.187. The number of rotatable bonds is 3. The Hall–Kier alpha value is -1.91. The highest BCUT2D eigenvalue weighted by Crippen LogP contribution is 2.17. The SMILES string of the molecule is Cc1ccc(NCc2nnc3n2CCCC3)cc1F. The van der Waals surface area contributed by atoms with Crippen molar-refractivity contribution in [1.29, 1.82) is 0 Å². The lowest BCUT2D eigenvalue weighted by molar-refractivity contribution is 0.510. The van der Waals surface area contributed by atoms with Crippen LogP contribution in [0, 0.1) is 12.7 Å². The van der Waals surface area contributed by atoms with E-state index in [4.69, 9.17) is 0 Å². The van der Waals surface area contributed by atoms with Gasteiger partial charge in [0.05, 0.1) is 6.54 Å². The highest BCUT2D eigenvalue weighted by molar-refractivity contribution is 5.45. The van der Waals surface area contributed by atoms with Gasteiger partial charge in [0.2, 0.25) is 0 Å². The molecule has 1 aromatic heterocycles. The van der Waals surface area contributed by atoms with Crippen molar-refractivity contribution in [2.45, 2.75) is 39.3 Å². The van der Waals surface area contributed by atoms with Crippen LogP contribution in [0.4, 0.5) is 10.1 Å². The van der Waals surface area contributed by atoms with Gasteiger partial charge in [-0.1, -0.05) is 6.07 Å². The summed E-state index contributed by atoms with van der Waals surface area (Å²) in [5, 5.41) is 11.6. The van der Waals surface area contributed by atoms with Gasteiger partial charge >= 0.3 is 0 Å². The summed E-state index contributed by atoms with van der Waals surface area (Å²) >= 11 is 0. The predicted molar refractivity (Wildman–Crippen MR) is 71.4 cm³/mol. The lowest BCUT2D eigenvalue weighted by Gasteiger charge is -2.15. The van der Waals surface area contributed by atoms with Crippen LogP contribution >= 0.6 is 0 Å². The summed E-state index contributed by atoms with van der Waals surface area (Å²) in [5.41, 5.74) is 1.43. The fourth-order valence-corrected chi connectivity index (χ4v) is 2.38. The van der Waals surface area contributed by atoms with Gasteiger partial charge in [0.25, 0.3) is 0 Å². The van der Waals surface area contributed by atoms with Gasteiger partial charge in [-0.2, -0.15) is 0 Å². The van der Waals surface area contributed by atoms with Gasteiger partial charge in [0, 0.05) is 18.7 Å². The van der Waals surface area contributed by atoms with Crippen LogP contribution in [-0.2, 0) is 19.5 Å². The zero-order valence-electron chi connectivity index (χ0n) is 11.0. The molecule has 0 amide bonds. The normalized spacial score (nSPS) is 14.2. The largest absolute Gasteiger partial charge is 0.378 e. The Bertz CT molecular complexity index is 591. The first-order chi connectivity index (χ1) is 9.24. The van der Waals surface area contributed by atoms with Gasteiger partial charge in [-0.3, -0.25) is 0 Å². The lowest BCUT2D eigenvalue weighted by atomic mass is 10.1. The Balaban J connectivity index is 1.72. The van der Waals surface area contributed by atoms with E-state index in [-0.39, 0.29) is 5.82 Å². The molecule has 0 atom stereocenters. The van der Waals surface area contributed by atoms with Crippen molar-refractivity contribution in [2.24, 2.45) is 0 Å². The summed E-state index contributed by atoms with van der Waals surface area (Å²) in [6, 6.07) is 5.17. The number of benzene rings is 1. The molecule has 1 aliphatic heterocycles. The van der Waals surface area contributed by atoms with Crippen LogP contribution in [0.15, 0.2) is 18.2 Å². The zero-order valence-corrected chi connectivity index (χ0v) is 11.0. The molecule has 100 valence electrons. The maximum Gasteiger partial charge on any atom is 0.152 e. The highest BCUT2D eigenvalue weighted by atomic mass is 19.1. The molecule has 0 unspecified atom stereocenters. The quantitative estimate of drug-likeness (QED) is 0.922. The fourth-order valence-electron chi connectivity index (χ4n) is 2.38. The predicted octanol–water partition coefficient (Wildman–Crippen LogP) is 2.67. The van der Waals surface area contributed by atoms with Gasteiger partial charge in [0.15, 0.2) is 5.82 Å². The monoisotopic (exact) mass is 260 g/mol. The van der Waals surface area contributed by atoms with Crippen LogP contribution in [0.5, 0.6) is 0 Å². The second-order valence-corrected chi connectivity index (χ2v) is 4.96. The molecule has 3 rings (SSSR count). The first-order valence-corrected chi connectivity index (χ1v) is 6.65. The number of aromatic nitrogens is 3. The number of nitrogens with one attached hydrogen (secondary N) is 1. The van der Waals surface area contributed by atoms with Crippen LogP contribution in [0.25, 0.3) is 0 Å². The molecule has 0 bridgehead atoms. The average molecular weight is 260 g/mol. The van der Waals surface area contributed by atoms with Crippen molar-refractivity contribution in [2.75, 3.05) is 5.32 Å². The van der Waals surface area contributed by atoms with Crippen molar-refractivity contribution < 1.29 is 4.39 Å². The molecule has 2 heterocycles. The van der Waals surface area contributed by atoms with E-state index in [1.54, 1.807) is 13.0 Å². The van der Waals surface area contributed by atoms with Gasteiger partial charge in [-0.25, -0.2) is 4.39 Å². The summed E-state index contributed by atoms with van der Waals surface area (Å²) in [6.07, 6.45) is 3.37. The Kier molecular flexibility index (Phi) is 3.19. The minimum atomic E-state index is -0.187. The van der Waals surface area contributed by atoms with E-state index in [0.717, 1.165) is 30.3 Å². The van der Waals surface area contributed by atoms with E-state index in [9.17, 15) is 4.39 Å². The van der Waals surface area contributed by atoms with Crippen LogP contribution in [-0.4, -0.2) is 14.8 Å². The van der Waals surface area contributed by atoms with Crippen molar-refractivity contribution in [3.05, 3.63) is 41.2 Å². The smallest absolute Gasteiger partial charge is 0.152 e. The Labute approximate surface area is 111 Å². The standard InChI is InChI=1S/C14H17FN4/c1-10-5-6-11(8-12(10)15)16-9-14-18-17-13-4-2-3-7-19(13)14/h5-6,8,16H,2-4,7,9H2,1H3. The van der Waals surface area contributed by atoms with E-state index in [1.807, 2.05) is 6.07 Å². The summed E-state index contributed by atoms with van der Waals surface area (Å²) in [5.74, 6) is 1.81. The van der Waals surface area contributed by atoms with E-state index in [1.165, 1.54) is 18.9 Å². The Morgan fingerprint density at radius 1 is 1.32 bits per heavy atom. The maximum absolute atomic E-state index is 13.4. The van der Waals surface area contributed by atoms with E-state index in [0.29, 0.717) is 12.1 Å². The molecule has 0 radical (unpaired) electrons. The molecule has 0 saturated heterocycles. The lowest BCUT2D eigenvalue weighted by Crippen LogP contribution is -2.15. The van der Waals surface area contributed by atoms with Gasteiger partial charge < -0.3 is 9.88 Å². The molecule has 1 N–H and O–H groups in total. The topological polar surface area (TPSA) is 42.7 Å². The fraction of sp³-hybridized carbons (Fsp3) is 0.429. The van der Waals surface area contributed by atoms with E-state index < -0.39 is 0 Å². The average Bonchev–Trinajstić information content (AvgIpc) is 2.83. The Morgan fingerprint density at radius 2 is 2.21 bits per heavy atom. The van der Waals surface area contributed by atoms with Crippen LogP contribution in [0.1, 0.15) is 30.1 Å². The number of hydrogen-bond acceptors (Lipinski definition) is 3. The first kappa shape index (κ1) is 12.1. The number of nitrogens with zero attached hydrogens (tertiary/aromatic N) is 3. The molecule has 4 nitrogen and oxygen atoms in total. The third-order valence-electron chi connectivity index (χ3n) is 3.56. The molecule has 0 fully saturated rings. The molecule has 1 aromatic carbocycles. The molecule has 19 heavy (non-hydrogen) atoms. The molecular weight excluding hydrogens is 243 g/mol. The third-order valence-corrected chi connectivity index (χ3v) is 3.56.